The third-order valence-corrected chi connectivity index (χ3v) is 11.6. The molecular formula is C47H51F4N11O4S. The largest absolute Gasteiger partial charge is 0.462 e. The first-order chi connectivity index (χ1) is 31.3. The number of rotatable bonds is 13. The number of fused-ring (bicyclic) bond motifs is 2. The molecule has 0 aliphatic carbocycles. The monoisotopic (exact) mass is 941 g/mol. The first kappa shape index (κ1) is 49.7. The van der Waals surface area contributed by atoms with Crippen molar-refractivity contribution >= 4 is 21.1 Å². The standard InChI is InChI=1S/C25H26F2N6O2.C20H17F2N5O2S.2CH4/c1-17(20-4-3-18(26)14-22(20)27)13-19-15-23(21-16-29-33-6-2-5-28-24(21)33)31-25(30-19)35-12-9-32-7-10-34-11-8-32;1-12(15-5-4-13(21)9-17(15)22)8-14-10-18(26-20(25-14)30(2,28)29)16-11-24-27-7-3-6-23-19(16)27;;/h2-6,14-17H,7-13H2,1H3;3-7,9-12H,8H2,1-2H3;2*1H4/t17-;12-;;/m11../s1. The predicted molar refractivity (Wildman–Crippen MR) is 244 cm³/mol. The summed E-state index contributed by atoms with van der Waals surface area (Å²) in [4.78, 5) is 28.5. The van der Waals surface area contributed by atoms with E-state index in [1.165, 1.54) is 24.3 Å². The molecule has 352 valence electrons. The minimum Gasteiger partial charge on any atom is -0.462 e. The summed E-state index contributed by atoms with van der Waals surface area (Å²) in [5, 5.41) is 8.22. The number of halogens is 4. The van der Waals surface area contributed by atoms with E-state index in [-0.39, 0.29) is 44.3 Å². The second-order valence-corrected chi connectivity index (χ2v) is 17.5. The van der Waals surface area contributed by atoms with Crippen molar-refractivity contribution in [1.29, 1.82) is 0 Å². The van der Waals surface area contributed by atoms with Crippen LogP contribution in [0.4, 0.5) is 17.6 Å². The maximum Gasteiger partial charge on any atom is 0.317 e. The molecule has 15 nitrogen and oxygen atoms in total. The van der Waals surface area contributed by atoms with Gasteiger partial charge in [-0.15, -0.1) is 0 Å². The van der Waals surface area contributed by atoms with Crippen LogP contribution in [0.5, 0.6) is 6.01 Å². The van der Waals surface area contributed by atoms with E-state index in [0.29, 0.717) is 63.8 Å². The number of hydrogen-bond acceptors (Lipinski definition) is 13. The van der Waals surface area contributed by atoms with E-state index < -0.39 is 33.1 Å². The van der Waals surface area contributed by atoms with Gasteiger partial charge in [0, 0.05) is 74.2 Å². The number of morpholine rings is 1. The third-order valence-electron chi connectivity index (χ3n) is 10.7. The predicted octanol–water partition coefficient (Wildman–Crippen LogP) is 8.01. The summed E-state index contributed by atoms with van der Waals surface area (Å²) in [6.07, 6.45) is 11.7. The SMILES string of the molecule is C.C.C[C@H](Cc1cc(-c2cnn3cccnc23)nc(OCCN2CCOCC2)n1)c1ccc(F)cc1F.C[C@H](Cc1cc(-c2cnn3cccnc23)nc(S(C)(=O)=O)n1)c1ccc(F)cc1F. The van der Waals surface area contributed by atoms with Crippen molar-refractivity contribution in [2.45, 2.75) is 58.5 Å². The number of aromatic nitrogens is 10. The fourth-order valence-corrected chi connectivity index (χ4v) is 7.97. The van der Waals surface area contributed by atoms with Gasteiger partial charge in [-0.05, 0) is 72.2 Å². The van der Waals surface area contributed by atoms with Gasteiger partial charge in [0.15, 0.2) is 11.3 Å². The average Bonchev–Trinajstić information content (AvgIpc) is 3.92. The molecule has 2 atom stereocenters. The molecule has 0 unspecified atom stereocenters. The summed E-state index contributed by atoms with van der Waals surface area (Å²) >= 11 is 0. The van der Waals surface area contributed by atoms with E-state index in [1.54, 1.807) is 65.1 Å². The summed E-state index contributed by atoms with van der Waals surface area (Å²) in [7, 11) is -3.70. The van der Waals surface area contributed by atoms with Gasteiger partial charge in [-0.2, -0.15) is 15.2 Å². The number of benzene rings is 2. The van der Waals surface area contributed by atoms with Crippen LogP contribution < -0.4 is 4.74 Å². The Morgan fingerprint density at radius 2 is 1.21 bits per heavy atom. The molecular weight excluding hydrogens is 891 g/mol. The zero-order chi connectivity index (χ0) is 45.7. The lowest BCUT2D eigenvalue weighted by atomic mass is 9.95. The Morgan fingerprint density at radius 1 is 0.701 bits per heavy atom. The lowest BCUT2D eigenvalue weighted by Crippen LogP contribution is -2.38. The van der Waals surface area contributed by atoms with Gasteiger partial charge in [0.1, 0.15) is 29.9 Å². The molecule has 0 spiro atoms. The Labute approximate surface area is 385 Å². The Morgan fingerprint density at radius 3 is 1.72 bits per heavy atom. The molecule has 67 heavy (non-hydrogen) atoms. The van der Waals surface area contributed by atoms with Crippen LogP contribution in [-0.2, 0) is 27.4 Å². The number of sulfone groups is 1. The van der Waals surface area contributed by atoms with Gasteiger partial charge in [-0.1, -0.05) is 40.8 Å². The smallest absolute Gasteiger partial charge is 0.317 e. The first-order valence-corrected chi connectivity index (χ1v) is 22.5. The molecule has 1 saturated heterocycles. The molecule has 0 N–H and O–H groups in total. The van der Waals surface area contributed by atoms with Crippen molar-refractivity contribution in [3.63, 3.8) is 0 Å². The van der Waals surface area contributed by atoms with Crippen molar-refractivity contribution in [2.24, 2.45) is 0 Å². The van der Waals surface area contributed by atoms with E-state index >= 15 is 0 Å². The zero-order valence-corrected chi connectivity index (χ0v) is 36.3. The van der Waals surface area contributed by atoms with Gasteiger partial charge in [0.05, 0.1) is 48.1 Å². The first-order valence-electron chi connectivity index (χ1n) is 20.7. The van der Waals surface area contributed by atoms with Crippen LogP contribution in [0.2, 0.25) is 0 Å². The van der Waals surface area contributed by atoms with Crippen LogP contribution >= 0.6 is 0 Å². The third kappa shape index (κ3) is 12.0. The quantitative estimate of drug-likeness (QED) is 0.0806. The summed E-state index contributed by atoms with van der Waals surface area (Å²) in [5.41, 5.74) is 5.27. The maximum atomic E-state index is 14.4. The van der Waals surface area contributed by atoms with Crippen molar-refractivity contribution in [3.05, 3.63) is 144 Å². The van der Waals surface area contributed by atoms with Crippen LogP contribution in [0.25, 0.3) is 33.8 Å². The van der Waals surface area contributed by atoms with Gasteiger partial charge in [-0.25, -0.2) is 59.9 Å². The normalized spacial score (nSPS) is 13.8. The number of nitrogens with zero attached hydrogens (tertiary/aromatic N) is 11. The lowest BCUT2D eigenvalue weighted by Gasteiger charge is -2.26. The topological polar surface area (TPSA) is 168 Å². The zero-order valence-electron chi connectivity index (χ0n) is 35.5. The highest BCUT2D eigenvalue weighted by Crippen LogP contribution is 2.30. The van der Waals surface area contributed by atoms with E-state index in [0.717, 1.165) is 56.8 Å². The fraction of sp³-hybridized carbons (Fsp3) is 0.319. The van der Waals surface area contributed by atoms with E-state index in [1.807, 2.05) is 19.2 Å². The van der Waals surface area contributed by atoms with Crippen molar-refractivity contribution in [1.82, 2.24) is 54.0 Å². The van der Waals surface area contributed by atoms with Crippen molar-refractivity contribution in [2.75, 3.05) is 45.7 Å². The molecule has 2 aromatic carbocycles. The molecule has 6 aromatic heterocycles. The Bertz CT molecular complexity index is 3080. The van der Waals surface area contributed by atoms with Gasteiger partial charge >= 0.3 is 6.01 Å². The number of ether oxygens (including phenoxy) is 2. The molecule has 1 fully saturated rings. The second kappa shape index (κ2) is 21.7. The Hall–Kier alpha value is -6.77. The molecule has 0 amide bonds. The average molecular weight is 942 g/mol. The molecule has 0 bridgehead atoms. The van der Waals surface area contributed by atoms with Gasteiger partial charge in [0.25, 0.3) is 0 Å². The van der Waals surface area contributed by atoms with Crippen LogP contribution in [0.1, 0.15) is 63.1 Å². The highest BCUT2D eigenvalue weighted by atomic mass is 32.2. The van der Waals surface area contributed by atoms with Crippen LogP contribution in [0.3, 0.4) is 0 Å². The van der Waals surface area contributed by atoms with Crippen molar-refractivity contribution < 1.29 is 35.5 Å². The van der Waals surface area contributed by atoms with Crippen LogP contribution in [0.15, 0.2) is 103 Å². The molecule has 1 aliphatic rings. The van der Waals surface area contributed by atoms with Crippen LogP contribution in [0, 0.1) is 23.3 Å². The molecule has 0 saturated carbocycles. The summed E-state index contributed by atoms with van der Waals surface area (Å²) in [6, 6.07) is 14.3. The van der Waals surface area contributed by atoms with Crippen LogP contribution in [-0.4, -0.2) is 108 Å². The summed E-state index contributed by atoms with van der Waals surface area (Å²) < 4.78 is 94.0. The highest BCUT2D eigenvalue weighted by Gasteiger charge is 2.22. The van der Waals surface area contributed by atoms with Gasteiger partial charge < -0.3 is 9.47 Å². The highest BCUT2D eigenvalue weighted by molar-refractivity contribution is 7.90. The van der Waals surface area contributed by atoms with Crippen molar-refractivity contribution in [3.8, 4) is 28.5 Å². The van der Waals surface area contributed by atoms with E-state index in [2.05, 4.69) is 45.0 Å². The summed E-state index contributed by atoms with van der Waals surface area (Å²) in [5.74, 6) is -3.09. The van der Waals surface area contributed by atoms with E-state index in [4.69, 9.17) is 9.47 Å². The Balaban J connectivity index is 0.000000217. The molecule has 8 aromatic rings. The minimum absolute atomic E-state index is 0. The van der Waals surface area contributed by atoms with Gasteiger partial charge in [-0.3, -0.25) is 4.90 Å². The molecule has 7 heterocycles. The van der Waals surface area contributed by atoms with Gasteiger partial charge in [0.2, 0.25) is 15.0 Å². The summed E-state index contributed by atoms with van der Waals surface area (Å²) in [6.45, 7) is 7.98. The molecule has 1 aliphatic heterocycles. The lowest BCUT2D eigenvalue weighted by molar-refractivity contribution is 0.0317. The molecule has 0 radical (unpaired) electrons. The second-order valence-electron chi connectivity index (χ2n) is 15.6. The maximum absolute atomic E-state index is 14.4. The van der Waals surface area contributed by atoms with E-state index in [9.17, 15) is 26.0 Å². The molecule has 20 heteroatoms. The number of hydrogen-bond donors (Lipinski definition) is 0. The minimum atomic E-state index is -3.70. The fourth-order valence-electron chi connectivity index (χ4n) is 7.42. The molecule has 9 rings (SSSR count). The Kier molecular flexibility index (Phi) is 16.1.